The third-order valence-corrected chi connectivity index (χ3v) is 4.98. The van der Waals surface area contributed by atoms with Crippen LogP contribution in [0.1, 0.15) is 33.2 Å². The van der Waals surface area contributed by atoms with E-state index in [1.54, 1.807) is 6.92 Å². The normalized spacial score (nSPS) is 12.5. The van der Waals surface area contributed by atoms with Gasteiger partial charge >= 0.3 is 12.6 Å². The molecule has 1 atom stereocenters. The summed E-state index contributed by atoms with van der Waals surface area (Å²) in [6.45, 7) is -0.0106. The van der Waals surface area contributed by atoms with Gasteiger partial charge in [-0.15, -0.1) is 0 Å². The van der Waals surface area contributed by atoms with E-state index in [9.17, 15) is 26.8 Å². The molecule has 6 nitrogen and oxygen atoms in total. The Kier molecular flexibility index (Phi) is 6.50. The zero-order valence-corrected chi connectivity index (χ0v) is 16.1. The second kappa shape index (κ2) is 8.47. The van der Waals surface area contributed by atoms with Crippen LogP contribution in [0, 0.1) is 6.92 Å². The summed E-state index contributed by atoms with van der Waals surface area (Å²) in [6, 6.07) is 9.00. The molecule has 0 saturated carbocycles. The van der Waals surface area contributed by atoms with Crippen molar-refractivity contribution in [1.82, 2.24) is 0 Å². The Labute approximate surface area is 161 Å². The van der Waals surface area contributed by atoms with E-state index in [0.717, 1.165) is 6.26 Å². The molecule has 0 aliphatic carbocycles. The number of carbonyl (C=O) groups is 2. The molecular formula is C19H18F2O6S. The highest BCUT2D eigenvalue weighted by Crippen LogP contribution is 2.19. The van der Waals surface area contributed by atoms with Crippen molar-refractivity contribution >= 4 is 21.6 Å². The van der Waals surface area contributed by atoms with Gasteiger partial charge in [0.25, 0.3) is 0 Å². The van der Waals surface area contributed by atoms with Crippen LogP contribution in [0.25, 0.3) is 0 Å². The highest BCUT2D eigenvalue weighted by atomic mass is 32.2. The Bertz CT molecular complexity index is 984. The van der Waals surface area contributed by atoms with Crippen LogP contribution in [0.5, 0.6) is 5.75 Å². The van der Waals surface area contributed by atoms with Crippen LogP contribution in [0.3, 0.4) is 0 Å². The van der Waals surface area contributed by atoms with E-state index in [4.69, 9.17) is 4.74 Å². The number of aryl methyl sites for hydroxylation is 1. The number of rotatable bonds is 7. The molecular weight excluding hydrogens is 394 g/mol. The Hall–Kier alpha value is -2.81. The number of Topliss-reactive ketones (excluding diaryl/α,β-unsaturated/α-hetero) is 1. The number of alkyl halides is 2. The zero-order chi connectivity index (χ0) is 21.1. The first-order chi connectivity index (χ1) is 13.0. The molecule has 150 valence electrons. The quantitative estimate of drug-likeness (QED) is 0.512. The lowest BCUT2D eigenvalue weighted by Gasteiger charge is -2.14. The van der Waals surface area contributed by atoms with Gasteiger partial charge in [0.1, 0.15) is 5.75 Å². The minimum absolute atomic E-state index is 0.0308. The van der Waals surface area contributed by atoms with Crippen LogP contribution in [0.2, 0.25) is 0 Å². The third-order valence-electron chi connectivity index (χ3n) is 3.87. The first-order valence-electron chi connectivity index (χ1n) is 8.10. The van der Waals surface area contributed by atoms with Crippen LogP contribution in [0.4, 0.5) is 8.78 Å². The van der Waals surface area contributed by atoms with Crippen molar-refractivity contribution in [3.8, 4) is 5.75 Å². The topological polar surface area (TPSA) is 86.7 Å². The average Bonchev–Trinajstić information content (AvgIpc) is 2.60. The summed E-state index contributed by atoms with van der Waals surface area (Å²) >= 11 is 0. The van der Waals surface area contributed by atoms with Crippen LogP contribution >= 0.6 is 0 Å². The van der Waals surface area contributed by atoms with E-state index in [1.165, 1.54) is 49.4 Å². The fraction of sp³-hybridized carbons (Fsp3) is 0.263. The van der Waals surface area contributed by atoms with E-state index in [1.807, 2.05) is 0 Å². The van der Waals surface area contributed by atoms with Crippen molar-refractivity contribution in [3.05, 3.63) is 59.2 Å². The maximum atomic E-state index is 12.4. The Balaban J connectivity index is 2.15. The molecule has 0 amide bonds. The summed E-state index contributed by atoms with van der Waals surface area (Å²) in [5, 5.41) is 0. The molecule has 0 radical (unpaired) electrons. The lowest BCUT2D eigenvalue weighted by atomic mass is 10.1. The lowest BCUT2D eigenvalue weighted by molar-refractivity contribution is -0.0498. The van der Waals surface area contributed by atoms with Crippen molar-refractivity contribution in [2.45, 2.75) is 31.5 Å². The summed E-state index contributed by atoms with van der Waals surface area (Å²) in [7, 11) is -3.52. The van der Waals surface area contributed by atoms with Gasteiger partial charge in [-0.2, -0.15) is 8.78 Å². The molecule has 9 heteroatoms. The molecule has 2 aromatic rings. The molecule has 0 unspecified atom stereocenters. The first-order valence-corrected chi connectivity index (χ1v) is 9.99. The molecule has 28 heavy (non-hydrogen) atoms. The van der Waals surface area contributed by atoms with E-state index in [2.05, 4.69) is 4.74 Å². The average molecular weight is 412 g/mol. The van der Waals surface area contributed by atoms with Crippen molar-refractivity contribution in [3.63, 3.8) is 0 Å². The molecule has 2 aromatic carbocycles. The second-order valence-electron chi connectivity index (χ2n) is 6.06. The molecule has 0 N–H and O–H groups in total. The molecule has 0 spiro atoms. The molecule has 0 heterocycles. The van der Waals surface area contributed by atoms with Crippen molar-refractivity contribution in [2.24, 2.45) is 0 Å². The van der Waals surface area contributed by atoms with Gasteiger partial charge in [0.05, 0.1) is 10.5 Å². The standard InChI is InChI=1S/C19H18F2O6S/c1-11-4-9-15(28(3,24)25)10-16(11)18(23)26-12(2)17(22)13-5-7-14(8-6-13)27-19(20)21/h4-10,12,19H,1-3H3/t12-/m1/s1. The molecule has 0 aliphatic rings. The number of ether oxygens (including phenoxy) is 2. The van der Waals surface area contributed by atoms with E-state index >= 15 is 0 Å². The largest absolute Gasteiger partial charge is 0.451 e. The number of carbonyl (C=O) groups excluding carboxylic acids is 2. The van der Waals surface area contributed by atoms with Gasteiger partial charge in [-0.25, -0.2) is 13.2 Å². The number of esters is 1. The van der Waals surface area contributed by atoms with Crippen molar-refractivity contribution < 1.29 is 36.3 Å². The molecule has 0 bridgehead atoms. The SMILES string of the molecule is Cc1ccc(S(C)(=O)=O)cc1C(=O)O[C@H](C)C(=O)c1ccc(OC(F)F)cc1. The predicted molar refractivity (Wildman–Crippen MR) is 96.6 cm³/mol. The smallest absolute Gasteiger partial charge is 0.387 e. The summed E-state index contributed by atoms with van der Waals surface area (Å²) in [4.78, 5) is 24.7. The van der Waals surface area contributed by atoms with Crippen molar-refractivity contribution in [1.29, 1.82) is 0 Å². The van der Waals surface area contributed by atoms with Crippen LogP contribution in [-0.4, -0.2) is 39.1 Å². The Morgan fingerprint density at radius 2 is 1.64 bits per heavy atom. The molecule has 0 fully saturated rings. The number of ketones is 1. The summed E-state index contributed by atoms with van der Waals surface area (Å²) in [6.07, 6.45) is -0.156. The number of benzene rings is 2. The Morgan fingerprint density at radius 3 is 2.18 bits per heavy atom. The number of halogens is 2. The second-order valence-corrected chi connectivity index (χ2v) is 8.08. The maximum absolute atomic E-state index is 12.4. The summed E-state index contributed by atoms with van der Waals surface area (Å²) in [5.41, 5.74) is 0.664. The van der Waals surface area contributed by atoms with Crippen LogP contribution in [0.15, 0.2) is 47.4 Å². The molecule has 2 rings (SSSR count). The number of sulfone groups is 1. The van der Waals surface area contributed by atoms with E-state index < -0.39 is 34.3 Å². The summed E-state index contributed by atoms with van der Waals surface area (Å²) in [5.74, 6) is -1.50. The van der Waals surface area contributed by atoms with E-state index in [0.29, 0.717) is 5.56 Å². The minimum Gasteiger partial charge on any atom is -0.451 e. The van der Waals surface area contributed by atoms with Crippen molar-refractivity contribution in [2.75, 3.05) is 6.26 Å². The number of hydrogen-bond donors (Lipinski definition) is 0. The predicted octanol–water partition coefficient (Wildman–Crippen LogP) is 3.43. The fourth-order valence-corrected chi connectivity index (χ4v) is 3.01. The highest BCUT2D eigenvalue weighted by molar-refractivity contribution is 7.90. The van der Waals surface area contributed by atoms with Gasteiger partial charge in [-0.1, -0.05) is 6.07 Å². The van der Waals surface area contributed by atoms with Gasteiger partial charge in [-0.05, 0) is 55.8 Å². The van der Waals surface area contributed by atoms with Gasteiger partial charge in [0, 0.05) is 11.8 Å². The number of hydrogen-bond acceptors (Lipinski definition) is 6. The minimum atomic E-state index is -3.52. The van der Waals surface area contributed by atoms with E-state index in [-0.39, 0.29) is 21.8 Å². The molecule has 0 saturated heterocycles. The first kappa shape index (κ1) is 21.5. The van der Waals surface area contributed by atoms with Gasteiger partial charge in [0.2, 0.25) is 5.78 Å². The van der Waals surface area contributed by atoms with Crippen LogP contribution < -0.4 is 4.74 Å². The van der Waals surface area contributed by atoms with Gasteiger partial charge < -0.3 is 9.47 Å². The Morgan fingerprint density at radius 1 is 1.04 bits per heavy atom. The van der Waals surface area contributed by atoms with Gasteiger partial charge in [-0.3, -0.25) is 4.79 Å². The van der Waals surface area contributed by atoms with Gasteiger partial charge in [0.15, 0.2) is 15.9 Å². The molecule has 0 aliphatic heterocycles. The summed E-state index contributed by atoms with van der Waals surface area (Å²) < 4.78 is 57.0. The van der Waals surface area contributed by atoms with Crippen LogP contribution in [-0.2, 0) is 14.6 Å². The third kappa shape index (κ3) is 5.35. The maximum Gasteiger partial charge on any atom is 0.387 e. The highest BCUT2D eigenvalue weighted by Gasteiger charge is 2.22. The monoisotopic (exact) mass is 412 g/mol. The fourth-order valence-electron chi connectivity index (χ4n) is 2.36. The zero-order valence-electron chi connectivity index (χ0n) is 15.3. The molecule has 0 aromatic heterocycles. The lowest BCUT2D eigenvalue weighted by Crippen LogP contribution is -2.25.